The van der Waals surface area contributed by atoms with Crippen molar-refractivity contribution in [3.8, 4) is 11.4 Å². The Morgan fingerprint density at radius 2 is 1.71 bits per heavy atom. The fourth-order valence-electron chi connectivity index (χ4n) is 4.72. The number of hydrogen-bond donors (Lipinski definition) is 2. The summed E-state index contributed by atoms with van der Waals surface area (Å²) in [6.45, 7) is 5.40. The molecule has 0 spiro atoms. The first kappa shape index (κ1) is 22.6. The molecule has 0 unspecified atom stereocenters. The minimum atomic E-state index is -0.337. The van der Waals surface area contributed by atoms with Crippen molar-refractivity contribution in [3.63, 3.8) is 0 Å². The quantitative estimate of drug-likeness (QED) is 0.570. The lowest BCUT2D eigenvalue weighted by Crippen LogP contribution is -2.48. The Balaban J connectivity index is 1.52. The maximum Gasteiger partial charge on any atom is 0.231 e. The van der Waals surface area contributed by atoms with Gasteiger partial charge in [-0.2, -0.15) is 15.0 Å². The molecule has 2 aliphatic heterocycles. The van der Waals surface area contributed by atoms with Gasteiger partial charge in [-0.3, -0.25) is 4.90 Å². The van der Waals surface area contributed by atoms with Crippen molar-refractivity contribution in [3.05, 3.63) is 65.5 Å². The predicted octanol–water partition coefficient (Wildman–Crippen LogP) is 1.68. The fourth-order valence-corrected chi connectivity index (χ4v) is 4.72. The molecule has 2 aromatic carbocycles. The molecule has 8 nitrogen and oxygen atoms in total. The summed E-state index contributed by atoms with van der Waals surface area (Å²) in [5.74, 6) is 1.17. The summed E-state index contributed by atoms with van der Waals surface area (Å²) < 4.78 is 14.0. The third-order valence-corrected chi connectivity index (χ3v) is 6.62. The molecule has 3 heterocycles. The molecule has 34 heavy (non-hydrogen) atoms. The highest BCUT2D eigenvalue weighted by molar-refractivity contribution is 5.59. The van der Waals surface area contributed by atoms with E-state index in [4.69, 9.17) is 20.7 Å². The molecule has 0 bridgehead atoms. The Hall–Kier alpha value is -3.14. The molecule has 0 radical (unpaired) electrons. The summed E-state index contributed by atoms with van der Waals surface area (Å²) >= 11 is 0. The Morgan fingerprint density at radius 1 is 0.941 bits per heavy atom. The molecule has 1 saturated heterocycles. The number of nitrogens with zero attached hydrogens (tertiary/aromatic N) is 6. The number of rotatable bonds is 6. The molecule has 178 valence electrons. The van der Waals surface area contributed by atoms with Crippen LogP contribution in [-0.2, 0) is 13.0 Å². The maximum absolute atomic E-state index is 14.0. The van der Waals surface area contributed by atoms with Crippen LogP contribution < -0.4 is 15.5 Å². The van der Waals surface area contributed by atoms with Gasteiger partial charge in [-0.25, -0.2) is 4.39 Å². The van der Waals surface area contributed by atoms with Crippen LogP contribution in [0.5, 0.6) is 0 Å². The predicted molar refractivity (Wildman–Crippen MR) is 130 cm³/mol. The normalized spacial score (nSPS) is 18.7. The molecule has 3 N–H and O–H groups in total. The molecule has 2 aliphatic rings. The zero-order chi connectivity index (χ0) is 23.5. The summed E-state index contributed by atoms with van der Waals surface area (Å²) in [6.07, 6.45) is 0.709. The number of piperazine rings is 1. The van der Waals surface area contributed by atoms with Crippen LogP contribution in [0.3, 0.4) is 0 Å². The van der Waals surface area contributed by atoms with Gasteiger partial charge in [-0.05, 0) is 29.7 Å². The van der Waals surface area contributed by atoms with Crippen LogP contribution in [0.25, 0.3) is 11.4 Å². The molecule has 9 heteroatoms. The standard InChI is InChI=1S/C25H30FN7O/c26-21-7-3-6-19(14-21)23-28-24(32-12-10-31(9-8-27)11-13-32)30-25(29-23)33-16-20-5-2-1-4-18(20)15-22(33)17-34/h1-7,14,22,34H,8-13,15-17,27H2/t22-/m1/s1. The first-order chi connectivity index (χ1) is 16.6. The van der Waals surface area contributed by atoms with E-state index in [2.05, 4.69) is 21.9 Å². The Labute approximate surface area is 198 Å². The van der Waals surface area contributed by atoms with E-state index in [1.54, 1.807) is 12.1 Å². The van der Waals surface area contributed by atoms with Crippen molar-refractivity contribution in [2.45, 2.75) is 19.0 Å². The second-order valence-electron chi connectivity index (χ2n) is 8.82. The minimum absolute atomic E-state index is 0.0115. The Bertz CT molecular complexity index is 1140. The monoisotopic (exact) mass is 463 g/mol. The van der Waals surface area contributed by atoms with Gasteiger partial charge in [0.15, 0.2) is 5.82 Å². The third-order valence-electron chi connectivity index (χ3n) is 6.62. The number of benzene rings is 2. The fraction of sp³-hybridized carbons (Fsp3) is 0.400. The van der Waals surface area contributed by atoms with Crippen LogP contribution in [0.1, 0.15) is 11.1 Å². The van der Waals surface area contributed by atoms with Crippen LogP contribution >= 0.6 is 0 Å². The molecular weight excluding hydrogens is 433 g/mol. The van der Waals surface area contributed by atoms with Crippen molar-refractivity contribution in [1.82, 2.24) is 19.9 Å². The van der Waals surface area contributed by atoms with Crippen molar-refractivity contribution in [2.75, 3.05) is 55.7 Å². The molecule has 0 amide bonds. The summed E-state index contributed by atoms with van der Waals surface area (Å²) in [5, 5.41) is 10.2. The van der Waals surface area contributed by atoms with E-state index in [9.17, 15) is 9.50 Å². The summed E-state index contributed by atoms with van der Waals surface area (Å²) in [6, 6.07) is 14.4. The highest BCUT2D eigenvalue weighted by Gasteiger charge is 2.29. The molecule has 1 aromatic heterocycles. The zero-order valence-electron chi connectivity index (χ0n) is 19.1. The molecular formula is C25H30FN7O. The molecule has 0 aliphatic carbocycles. The molecule has 1 atom stereocenters. The average molecular weight is 464 g/mol. The SMILES string of the molecule is NCCN1CCN(c2nc(-c3cccc(F)c3)nc(N3Cc4ccccc4C[C@@H]3CO)n2)CC1. The van der Waals surface area contributed by atoms with Crippen molar-refractivity contribution in [1.29, 1.82) is 0 Å². The number of aromatic nitrogens is 3. The Kier molecular flexibility index (Phi) is 6.66. The average Bonchev–Trinajstić information content (AvgIpc) is 2.88. The van der Waals surface area contributed by atoms with Gasteiger partial charge in [0, 0.05) is 51.4 Å². The second kappa shape index (κ2) is 10.0. The maximum atomic E-state index is 14.0. The number of anilines is 2. The number of halogens is 1. The van der Waals surface area contributed by atoms with E-state index in [0.29, 0.717) is 42.8 Å². The summed E-state index contributed by atoms with van der Waals surface area (Å²) in [4.78, 5) is 20.9. The first-order valence-electron chi connectivity index (χ1n) is 11.8. The smallest absolute Gasteiger partial charge is 0.231 e. The van der Waals surface area contributed by atoms with Gasteiger partial charge in [0.2, 0.25) is 11.9 Å². The largest absolute Gasteiger partial charge is 0.394 e. The van der Waals surface area contributed by atoms with Gasteiger partial charge in [0.1, 0.15) is 5.82 Å². The lowest BCUT2D eigenvalue weighted by Gasteiger charge is -2.37. The number of fused-ring (bicyclic) bond motifs is 1. The highest BCUT2D eigenvalue weighted by atomic mass is 19.1. The number of nitrogens with two attached hydrogens (primary N) is 1. The third kappa shape index (κ3) is 4.72. The van der Waals surface area contributed by atoms with Gasteiger partial charge in [-0.1, -0.05) is 36.4 Å². The van der Waals surface area contributed by atoms with Crippen molar-refractivity contribution in [2.24, 2.45) is 5.73 Å². The van der Waals surface area contributed by atoms with Crippen molar-refractivity contribution < 1.29 is 9.50 Å². The van der Waals surface area contributed by atoms with E-state index in [1.807, 2.05) is 17.0 Å². The van der Waals surface area contributed by atoms with Gasteiger partial charge < -0.3 is 20.6 Å². The first-order valence-corrected chi connectivity index (χ1v) is 11.8. The summed E-state index contributed by atoms with van der Waals surface area (Å²) in [7, 11) is 0. The number of aliphatic hydroxyl groups is 1. The summed E-state index contributed by atoms with van der Waals surface area (Å²) in [5.41, 5.74) is 8.74. The van der Waals surface area contributed by atoms with Gasteiger partial charge in [-0.15, -0.1) is 0 Å². The zero-order valence-corrected chi connectivity index (χ0v) is 19.1. The molecule has 1 fully saturated rings. The second-order valence-corrected chi connectivity index (χ2v) is 8.82. The van der Waals surface area contributed by atoms with Gasteiger partial charge >= 0.3 is 0 Å². The topological polar surface area (TPSA) is 94.6 Å². The van der Waals surface area contributed by atoms with Gasteiger partial charge in [0.05, 0.1) is 12.6 Å². The lowest BCUT2D eigenvalue weighted by molar-refractivity contribution is 0.252. The van der Waals surface area contributed by atoms with E-state index in [0.717, 1.165) is 32.7 Å². The minimum Gasteiger partial charge on any atom is -0.394 e. The van der Waals surface area contributed by atoms with E-state index >= 15 is 0 Å². The van der Waals surface area contributed by atoms with Crippen LogP contribution in [0.4, 0.5) is 16.3 Å². The lowest BCUT2D eigenvalue weighted by atomic mass is 9.94. The number of hydrogen-bond acceptors (Lipinski definition) is 8. The van der Waals surface area contributed by atoms with E-state index in [1.165, 1.54) is 23.3 Å². The van der Waals surface area contributed by atoms with Crippen molar-refractivity contribution >= 4 is 11.9 Å². The van der Waals surface area contributed by atoms with E-state index in [-0.39, 0.29) is 18.5 Å². The molecule has 3 aromatic rings. The molecule has 0 saturated carbocycles. The number of aliphatic hydroxyl groups excluding tert-OH is 1. The van der Waals surface area contributed by atoms with Crippen LogP contribution in [0.2, 0.25) is 0 Å². The van der Waals surface area contributed by atoms with Crippen LogP contribution in [0, 0.1) is 5.82 Å². The highest BCUT2D eigenvalue weighted by Crippen LogP contribution is 2.29. The van der Waals surface area contributed by atoms with E-state index < -0.39 is 0 Å². The van der Waals surface area contributed by atoms with Gasteiger partial charge in [0.25, 0.3) is 0 Å². The van der Waals surface area contributed by atoms with Crippen LogP contribution in [-0.4, -0.2) is 76.9 Å². The van der Waals surface area contributed by atoms with Crippen LogP contribution in [0.15, 0.2) is 48.5 Å². The Morgan fingerprint density at radius 3 is 2.44 bits per heavy atom. The molecule has 5 rings (SSSR count).